The van der Waals surface area contributed by atoms with Gasteiger partial charge in [-0.15, -0.1) is 0 Å². The van der Waals surface area contributed by atoms with Gasteiger partial charge < -0.3 is 15.8 Å². The molecule has 2 aromatic rings. The number of carbonyl (C=O) groups excluding carboxylic acids is 1. The lowest BCUT2D eigenvalue weighted by molar-refractivity contribution is -0.605. The van der Waals surface area contributed by atoms with Gasteiger partial charge in [0.2, 0.25) is 0 Å². The van der Waals surface area contributed by atoms with Crippen LogP contribution in [0.15, 0.2) is 48.8 Å². The van der Waals surface area contributed by atoms with Crippen LogP contribution in [0.1, 0.15) is 10.4 Å². The van der Waals surface area contributed by atoms with Gasteiger partial charge in [0.1, 0.15) is 5.69 Å². The molecule has 2 N–H and O–H groups in total. The lowest BCUT2D eigenvalue weighted by Gasteiger charge is -2.08. The number of rotatable bonds is 6. The Bertz CT molecular complexity index is 673. The molecule has 0 aliphatic rings. The Kier molecular flexibility index (Phi) is 4.86. The van der Waals surface area contributed by atoms with Gasteiger partial charge in [-0.25, -0.2) is 0 Å². The van der Waals surface area contributed by atoms with Gasteiger partial charge >= 0.3 is 0 Å². The first-order chi connectivity index (χ1) is 10.6. The molecule has 22 heavy (non-hydrogen) atoms. The molecule has 0 bridgehead atoms. The van der Waals surface area contributed by atoms with E-state index in [0.717, 1.165) is 0 Å². The Morgan fingerprint density at radius 3 is 2.50 bits per heavy atom. The van der Waals surface area contributed by atoms with Crippen LogP contribution in [0.25, 0.3) is 0 Å². The summed E-state index contributed by atoms with van der Waals surface area (Å²) >= 11 is 0. The molecule has 0 atom stereocenters. The second-order valence-electron chi connectivity index (χ2n) is 4.40. The highest BCUT2D eigenvalue weighted by Gasteiger charge is 2.11. The lowest BCUT2D eigenvalue weighted by atomic mass is 10.2. The van der Waals surface area contributed by atoms with Crippen molar-refractivity contribution in [3.8, 4) is 0 Å². The summed E-state index contributed by atoms with van der Waals surface area (Å²) in [7, 11) is 0. The molecule has 1 aromatic heterocycles. The summed E-state index contributed by atoms with van der Waals surface area (Å²) in [6, 6.07) is 9.11. The van der Waals surface area contributed by atoms with Crippen LogP contribution in [0, 0.1) is 15.3 Å². The molecule has 1 amide bonds. The molecule has 8 heteroatoms. The van der Waals surface area contributed by atoms with Crippen molar-refractivity contribution in [3.63, 3.8) is 0 Å². The Morgan fingerprint density at radius 1 is 1.14 bits per heavy atom. The minimum atomic E-state index is -0.469. The number of nitro benzene ring substituents is 1. The van der Waals surface area contributed by atoms with Crippen molar-refractivity contribution in [1.29, 1.82) is 0 Å². The fraction of sp³-hybridized carbons (Fsp3) is 0.143. The van der Waals surface area contributed by atoms with Gasteiger partial charge in [0.05, 0.1) is 10.5 Å². The van der Waals surface area contributed by atoms with Crippen molar-refractivity contribution in [1.82, 2.24) is 5.32 Å². The molecule has 0 unspecified atom stereocenters. The highest BCUT2D eigenvalue weighted by molar-refractivity contribution is 5.93. The van der Waals surface area contributed by atoms with Crippen molar-refractivity contribution in [2.45, 2.75) is 0 Å². The average Bonchev–Trinajstić information content (AvgIpc) is 2.52. The predicted octanol–water partition coefficient (Wildman–Crippen LogP) is 1.07. The highest BCUT2D eigenvalue weighted by Crippen LogP contribution is 2.22. The third-order valence-electron chi connectivity index (χ3n) is 2.89. The number of nitrogens with one attached hydrogen (secondary N) is 2. The average molecular weight is 302 g/mol. The summed E-state index contributed by atoms with van der Waals surface area (Å²) in [5.41, 5.74) is 0.753. The van der Waals surface area contributed by atoms with Crippen LogP contribution in [-0.2, 0) is 0 Å². The fourth-order valence-electron chi connectivity index (χ4n) is 1.82. The monoisotopic (exact) mass is 302 g/mol. The van der Waals surface area contributed by atoms with Crippen LogP contribution in [0.5, 0.6) is 0 Å². The lowest BCUT2D eigenvalue weighted by Crippen LogP contribution is -2.30. The van der Waals surface area contributed by atoms with Gasteiger partial charge in [0, 0.05) is 31.3 Å². The van der Waals surface area contributed by atoms with E-state index in [1.54, 1.807) is 18.2 Å². The summed E-state index contributed by atoms with van der Waals surface area (Å²) in [6.07, 6.45) is 2.47. The molecule has 0 saturated heterocycles. The predicted molar refractivity (Wildman–Crippen MR) is 79.3 cm³/mol. The van der Waals surface area contributed by atoms with Crippen molar-refractivity contribution in [3.05, 3.63) is 69.7 Å². The smallest absolute Gasteiger partial charge is 0.292 e. The van der Waals surface area contributed by atoms with E-state index < -0.39 is 4.92 Å². The Morgan fingerprint density at radius 2 is 1.82 bits per heavy atom. The number of anilines is 1. The molecule has 0 aliphatic heterocycles. The zero-order valence-electron chi connectivity index (χ0n) is 11.6. The number of nitrogens with zero attached hydrogens (tertiary/aromatic N) is 2. The molecule has 114 valence electrons. The molecule has 0 saturated carbocycles. The van der Waals surface area contributed by atoms with Crippen molar-refractivity contribution < 1.29 is 14.4 Å². The van der Waals surface area contributed by atoms with E-state index in [-0.39, 0.29) is 18.1 Å². The molecular formula is C14H14N4O4. The van der Waals surface area contributed by atoms with Gasteiger partial charge in [0.15, 0.2) is 12.4 Å². The maximum Gasteiger partial charge on any atom is 0.292 e. The van der Waals surface area contributed by atoms with E-state index in [1.807, 2.05) is 0 Å². The third-order valence-corrected chi connectivity index (χ3v) is 2.89. The first-order valence-corrected chi connectivity index (χ1v) is 6.52. The molecule has 1 aromatic carbocycles. The maximum atomic E-state index is 11.8. The standard InChI is InChI=1S/C14H14N4O4/c19-14(11-5-9-17(20)10-6-11)16-8-7-15-12-3-1-2-4-13(12)18(21)22/h1-6,9-10,15H,7-8H2,(H,16,19). The van der Waals surface area contributed by atoms with E-state index in [1.165, 1.54) is 30.6 Å². The SMILES string of the molecule is O=C(NCCNc1ccccc1[N+](=O)[O-])c1cc[n+]([O-])cc1. The van der Waals surface area contributed by atoms with Crippen LogP contribution in [-0.4, -0.2) is 23.9 Å². The largest absolute Gasteiger partial charge is 0.619 e. The molecule has 2 rings (SSSR count). The normalized spacial score (nSPS) is 10.0. The number of aromatic nitrogens is 1. The van der Waals surface area contributed by atoms with Crippen LogP contribution >= 0.6 is 0 Å². The van der Waals surface area contributed by atoms with E-state index in [2.05, 4.69) is 10.6 Å². The Balaban J connectivity index is 1.83. The van der Waals surface area contributed by atoms with Gasteiger partial charge in [-0.1, -0.05) is 12.1 Å². The summed E-state index contributed by atoms with van der Waals surface area (Å²) in [5, 5.41) is 27.3. The van der Waals surface area contributed by atoms with Gasteiger partial charge in [0.25, 0.3) is 11.6 Å². The molecular weight excluding hydrogens is 288 g/mol. The number of pyridine rings is 1. The highest BCUT2D eigenvalue weighted by atomic mass is 16.6. The maximum absolute atomic E-state index is 11.8. The van der Waals surface area contributed by atoms with Gasteiger partial charge in [-0.3, -0.25) is 14.9 Å². The minimum absolute atomic E-state index is 0.0168. The number of nitro groups is 1. The van der Waals surface area contributed by atoms with E-state index in [9.17, 15) is 20.1 Å². The quantitative estimate of drug-likeness (QED) is 0.272. The first kappa shape index (κ1) is 15.2. The number of para-hydroxylation sites is 2. The van der Waals surface area contributed by atoms with Crippen molar-refractivity contribution in [2.75, 3.05) is 18.4 Å². The van der Waals surface area contributed by atoms with E-state index in [0.29, 0.717) is 22.5 Å². The molecule has 1 heterocycles. The summed E-state index contributed by atoms with van der Waals surface area (Å²) in [4.78, 5) is 22.2. The van der Waals surface area contributed by atoms with E-state index in [4.69, 9.17) is 0 Å². The number of hydrogen-bond donors (Lipinski definition) is 2. The summed E-state index contributed by atoms with van der Waals surface area (Å²) < 4.78 is 0.590. The number of benzene rings is 1. The van der Waals surface area contributed by atoms with Crippen LogP contribution in [0.4, 0.5) is 11.4 Å². The Hall–Kier alpha value is -3.16. The van der Waals surface area contributed by atoms with Crippen molar-refractivity contribution in [2.24, 2.45) is 0 Å². The molecule has 0 aliphatic carbocycles. The van der Waals surface area contributed by atoms with Crippen LogP contribution in [0.3, 0.4) is 0 Å². The third kappa shape index (κ3) is 3.92. The van der Waals surface area contributed by atoms with Crippen molar-refractivity contribution >= 4 is 17.3 Å². The molecule has 0 radical (unpaired) electrons. The van der Waals surface area contributed by atoms with Gasteiger partial charge in [-0.2, -0.15) is 4.73 Å². The van der Waals surface area contributed by atoms with E-state index >= 15 is 0 Å². The molecule has 0 spiro atoms. The zero-order valence-corrected chi connectivity index (χ0v) is 11.6. The number of amides is 1. The second kappa shape index (κ2) is 7.02. The van der Waals surface area contributed by atoms with Gasteiger partial charge in [-0.05, 0) is 6.07 Å². The number of hydrogen-bond acceptors (Lipinski definition) is 5. The van der Waals surface area contributed by atoms with Crippen LogP contribution < -0.4 is 15.4 Å². The summed E-state index contributed by atoms with van der Waals surface area (Å²) in [6.45, 7) is 0.627. The molecule has 0 fully saturated rings. The number of carbonyl (C=O) groups is 1. The Labute approximate surface area is 126 Å². The first-order valence-electron chi connectivity index (χ1n) is 6.52. The van der Waals surface area contributed by atoms with Crippen LogP contribution in [0.2, 0.25) is 0 Å². The topological polar surface area (TPSA) is 111 Å². The second-order valence-corrected chi connectivity index (χ2v) is 4.40. The molecule has 8 nitrogen and oxygen atoms in total. The summed E-state index contributed by atoms with van der Waals surface area (Å²) in [5.74, 6) is -0.315. The minimum Gasteiger partial charge on any atom is -0.619 e. The fourth-order valence-corrected chi connectivity index (χ4v) is 1.82. The zero-order chi connectivity index (χ0) is 15.9.